The molecule has 1 aliphatic rings. The summed E-state index contributed by atoms with van der Waals surface area (Å²) < 4.78 is 1.08. The Morgan fingerprint density at radius 3 is 2.80 bits per heavy atom. The van der Waals surface area contributed by atoms with Crippen LogP contribution in [-0.2, 0) is 4.79 Å². The first-order valence-corrected chi connectivity index (χ1v) is 8.52. The van der Waals surface area contributed by atoms with Crippen molar-refractivity contribution < 1.29 is 4.79 Å². The van der Waals surface area contributed by atoms with E-state index in [2.05, 4.69) is 15.3 Å². The van der Waals surface area contributed by atoms with E-state index >= 15 is 0 Å². The van der Waals surface area contributed by atoms with Crippen molar-refractivity contribution >= 4 is 50.9 Å². The summed E-state index contributed by atoms with van der Waals surface area (Å²) in [4.78, 5) is 22.7. The zero-order valence-corrected chi connectivity index (χ0v) is 14.2. The number of nitrogen functional groups attached to an aromatic ring is 1. The van der Waals surface area contributed by atoms with E-state index in [0.29, 0.717) is 17.3 Å². The lowest BCUT2D eigenvalue weighted by Gasteiger charge is -2.18. The first-order chi connectivity index (χ1) is 12.1. The lowest BCUT2D eigenvalue weighted by Crippen LogP contribution is -2.37. The zero-order valence-electron chi connectivity index (χ0n) is 13.4. The minimum absolute atomic E-state index is 0.221. The van der Waals surface area contributed by atoms with Crippen LogP contribution in [0.25, 0.3) is 16.3 Å². The predicted molar refractivity (Wildman–Crippen MR) is 102 cm³/mol. The van der Waals surface area contributed by atoms with E-state index in [9.17, 15) is 4.79 Å². The maximum absolute atomic E-state index is 12.2. The molecule has 6 nitrogen and oxygen atoms in total. The SMILES string of the molecule is CN(C1=NC(=Cc2ccc3ncsc3c2)C(=O)N1)c1ccc(N)cc1. The predicted octanol–water partition coefficient (Wildman–Crippen LogP) is 2.84. The van der Waals surface area contributed by atoms with E-state index in [0.717, 1.165) is 21.5 Å². The summed E-state index contributed by atoms with van der Waals surface area (Å²) in [5, 5.41) is 2.80. The minimum Gasteiger partial charge on any atom is -0.399 e. The number of thiazole rings is 1. The Kier molecular flexibility index (Phi) is 3.70. The summed E-state index contributed by atoms with van der Waals surface area (Å²) >= 11 is 1.57. The third-order valence-corrected chi connectivity index (χ3v) is 4.73. The van der Waals surface area contributed by atoms with Crippen LogP contribution >= 0.6 is 11.3 Å². The number of carbonyl (C=O) groups excluding carboxylic acids is 1. The van der Waals surface area contributed by atoms with Crippen molar-refractivity contribution in [3.05, 3.63) is 59.2 Å². The highest BCUT2D eigenvalue weighted by molar-refractivity contribution is 7.16. The molecule has 3 aromatic rings. The fraction of sp³-hybridized carbons (Fsp3) is 0.0556. The second kappa shape index (κ2) is 6.03. The quantitative estimate of drug-likeness (QED) is 0.550. The molecule has 0 spiro atoms. The topological polar surface area (TPSA) is 83.6 Å². The van der Waals surface area contributed by atoms with Gasteiger partial charge in [-0.3, -0.25) is 10.1 Å². The first kappa shape index (κ1) is 15.3. The highest BCUT2D eigenvalue weighted by Gasteiger charge is 2.23. The Bertz CT molecular complexity index is 1020. The van der Waals surface area contributed by atoms with Crippen molar-refractivity contribution in [3.63, 3.8) is 0 Å². The number of nitrogens with two attached hydrogens (primary N) is 1. The fourth-order valence-electron chi connectivity index (χ4n) is 2.55. The molecule has 4 rings (SSSR count). The monoisotopic (exact) mass is 349 g/mol. The van der Waals surface area contributed by atoms with Gasteiger partial charge in [0.15, 0.2) is 0 Å². The van der Waals surface area contributed by atoms with Crippen molar-refractivity contribution in [2.24, 2.45) is 4.99 Å². The summed E-state index contributed by atoms with van der Waals surface area (Å²) in [6, 6.07) is 13.3. The molecular weight excluding hydrogens is 334 g/mol. The van der Waals surface area contributed by atoms with Crippen LogP contribution in [0.3, 0.4) is 0 Å². The zero-order chi connectivity index (χ0) is 17.4. The van der Waals surface area contributed by atoms with Crippen LogP contribution in [0.15, 0.2) is 58.7 Å². The molecule has 1 aromatic heterocycles. The molecule has 0 unspecified atom stereocenters. The lowest BCUT2D eigenvalue weighted by atomic mass is 10.2. The number of guanidine groups is 1. The number of fused-ring (bicyclic) bond motifs is 1. The third-order valence-electron chi connectivity index (χ3n) is 3.94. The maximum Gasteiger partial charge on any atom is 0.276 e. The van der Waals surface area contributed by atoms with Crippen molar-refractivity contribution in [3.8, 4) is 0 Å². The van der Waals surface area contributed by atoms with Gasteiger partial charge in [-0.15, -0.1) is 11.3 Å². The van der Waals surface area contributed by atoms with Gasteiger partial charge in [0, 0.05) is 18.4 Å². The van der Waals surface area contributed by atoms with Gasteiger partial charge in [-0.25, -0.2) is 9.98 Å². The number of hydrogen-bond acceptors (Lipinski definition) is 6. The van der Waals surface area contributed by atoms with E-state index in [1.54, 1.807) is 17.4 Å². The van der Waals surface area contributed by atoms with Crippen molar-refractivity contribution in [1.82, 2.24) is 10.3 Å². The molecule has 0 bridgehead atoms. The largest absolute Gasteiger partial charge is 0.399 e. The van der Waals surface area contributed by atoms with Crippen LogP contribution in [0.4, 0.5) is 11.4 Å². The van der Waals surface area contributed by atoms with Crippen LogP contribution in [0, 0.1) is 0 Å². The Morgan fingerprint density at radius 2 is 2.00 bits per heavy atom. The number of aliphatic imine (C=N–C) groups is 1. The van der Waals surface area contributed by atoms with E-state index in [1.807, 2.05) is 59.9 Å². The third kappa shape index (κ3) is 2.97. The average Bonchev–Trinajstić information content (AvgIpc) is 3.21. The molecule has 1 amide bonds. The van der Waals surface area contributed by atoms with Crippen LogP contribution in [-0.4, -0.2) is 23.9 Å². The van der Waals surface area contributed by atoms with Crippen LogP contribution in [0.1, 0.15) is 5.56 Å². The number of nitrogens with one attached hydrogen (secondary N) is 1. The molecule has 25 heavy (non-hydrogen) atoms. The minimum atomic E-state index is -0.221. The Hall–Kier alpha value is -3.19. The molecule has 0 saturated carbocycles. The van der Waals surface area contributed by atoms with Gasteiger partial charge in [0.1, 0.15) is 5.70 Å². The standard InChI is InChI=1S/C18H15N5OS/c1-23(13-5-3-12(19)4-6-13)18-21-15(17(24)22-18)8-11-2-7-14-16(9-11)25-10-20-14/h2-10H,19H2,1H3,(H,21,22,24). The van der Waals surface area contributed by atoms with Crippen LogP contribution in [0.5, 0.6) is 0 Å². The van der Waals surface area contributed by atoms with Gasteiger partial charge in [-0.1, -0.05) is 6.07 Å². The molecule has 0 atom stereocenters. The molecule has 7 heteroatoms. The summed E-state index contributed by atoms with van der Waals surface area (Å²) in [5.41, 5.74) is 11.3. The van der Waals surface area contributed by atoms with Crippen LogP contribution < -0.4 is 16.0 Å². The normalized spacial score (nSPS) is 15.5. The number of hydrogen-bond donors (Lipinski definition) is 2. The lowest BCUT2D eigenvalue weighted by molar-refractivity contribution is -0.115. The first-order valence-electron chi connectivity index (χ1n) is 7.64. The number of anilines is 2. The van der Waals surface area contributed by atoms with Crippen molar-refractivity contribution in [2.45, 2.75) is 0 Å². The van der Waals surface area contributed by atoms with E-state index in [-0.39, 0.29) is 5.91 Å². The highest BCUT2D eigenvalue weighted by Crippen LogP contribution is 2.22. The molecule has 2 heterocycles. The van der Waals surface area contributed by atoms with Crippen molar-refractivity contribution in [1.29, 1.82) is 0 Å². The maximum atomic E-state index is 12.2. The van der Waals surface area contributed by atoms with Gasteiger partial charge < -0.3 is 10.6 Å². The number of rotatable bonds is 2. The second-order valence-corrected chi connectivity index (χ2v) is 6.54. The number of nitrogens with zero attached hydrogens (tertiary/aromatic N) is 3. The number of aromatic nitrogens is 1. The fourth-order valence-corrected chi connectivity index (χ4v) is 3.28. The Balaban J connectivity index is 1.63. The average molecular weight is 349 g/mol. The molecule has 1 aliphatic heterocycles. The van der Waals surface area contributed by atoms with Crippen LogP contribution in [0.2, 0.25) is 0 Å². The van der Waals surface area contributed by atoms with Crippen molar-refractivity contribution in [2.75, 3.05) is 17.7 Å². The molecule has 124 valence electrons. The van der Waals surface area contributed by atoms with Gasteiger partial charge in [0.2, 0.25) is 5.96 Å². The summed E-state index contributed by atoms with van der Waals surface area (Å²) in [6.07, 6.45) is 1.78. The summed E-state index contributed by atoms with van der Waals surface area (Å²) in [7, 11) is 1.84. The number of amides is 1. The van der Waals surface area contributed by atoms with E-state index in [1.165, 1.54) is 0 Å². The van der Waals surface area contributed by atoms with Gasteiger partial charge in [-0.2, -0.15) is 0 Å². The molecule has 3 N–H and O–H groups in total. The van der Waals surface area contributed by atoms with Gasteiger partial charge in [0.05, 0.1) is 15.7 Å². The Morgan fingerprint density at radius 1 is 1.20 bits per heavy atom. The summed E-state index contributed by atoms with van der Waals surface area (Å²) in [6.45, 7) is 0. The van der Waals surface area contributed by atoms with E-state index < -0.39 is 0 Å². The Labute approximate surface area is 148 Å². The highest BCUT2D eigenvalue weighted by atomic mass is 32.1. The molecule has 0 radical (unpaired) electrons. The second-order valence-electron chi connectivity index (χ2n) is 5.65. The van der Waals surface area contributed by atoms with Gasteiger partial charge >= 0.3 is 0 Å². The smallest absolute Gasteiger partial charge is 0.276 e. The number of benzene rings is 2. The molecule has 0 aliphatic carbocycles. The molecule has 0 saturated heterocycles. The van der Waals surface area contributed by atoms with Gasteiger partial charge in [-0.05, 0) is 48.0 Å². The molecule has 0 fully saturated rings. The summed E-state index contributed by atoms with van der Waals surface area (Å²) in [5.74, 6) is 0.265. The number of carbonyl (C=O) groups is 1. The van der Waals surface area contributed by atoms with E-state index in [4.69, 9.17) is 5.73 Å². The van der Waals surface area contributed by atoms with Gasteiger partial charge in [0.25, 0.3) is 5.91 Å². The molecular formula is C18H15N5OS. The molecule has 2 aromatic carbocycles.